The van der Waals surface area contributed by atoms with E-state index in [1.807, 2.05) is 6.07 Å². The van der Waals surface area contributed by atoms with E-state index < -0.39 is 49.3 Å². The van der Waals surface area contributed by atoms with Crippen LogP contribution in [-0.4, -0.2) is 72.8 Å². The van der Waals surface area contributed by atoms with Gasteiger partial charge in [-0.1, -0.05) is 59.8 Å². The molecular formula is C35H32N6O9. The summed E-state index contributed by atoms with van der Waals surface area (Å²) in [6.07, 6.45) is 5.02. The molecule has 4 N–H and O–H groups in total. The van der Waals surface area contributed by atoms with E-state index in [2.05, 4.69) is 25.9 Å². The Kier molecular flexibility index (Phi) is 11.5. The Hall–Kier alpha value is -6.48. The third-order valence-corrected chi connectivity index (χ3v) is 7.36. The van der Waals surface area contributed by atoms with Crippen molar-refractivity contribution >= 4 is 41.8 Å². The van der Waals surface area contributed by atoms with Crippen molar-refractivity contribution in [3.8, 4) is 0 Å². The van der Waals surface area contributed by atoms with E-state index in [4.69, 9.17) is 14.6 Å². The standard InChI is InChI=1S/C35H32N6O9/c42-30(43)19-29(35(47)48)41-20-26(39-40-41)13-7-14-31(44)49-21-50-34-28(18-25-12-4-5-15-36-25)37-33(46)27(38-34)17-22-8-6-11-24(16-22)32(45)23-9-2-1-3-10-23/h1-6,8-12,15-18,20,29,34,38H,7,13-14,19,21H2,(H,37,46)(H,42,43)(H,47,48)/b27-17-,28-18-/t29-,34?/m0/s1. The summed E-state index contributed by atoms with van der Waals surface area (Å²) in [5.74, 6) is -3.86. The highest BCUT2D eigenvalue weighted by atomic mass is 16.7. The number of nitrogens with zero attached hydrogens (tertiary/aromatic N) is 4. The Morgan fingerprint density at radius 1 is 0.960 bits per heavy atom. The molecule has 50 heavy (non-hydrogen) atoms. The molecule has 0 aliphatic carbocycles. The second-order valence-corrected chi connectivity index (χ2v) is 11.0. The number of hydrogen-bond donors (Lipinski definition) is 4. The zero-order valence-electron chi connectivity index (χ0n) is 26.5. The van der Waals surface area contributed by atoms with Gasteiger partial charge in [-0.15, -0.1) is 5.10 Å². The summed E-state index contributed by atoms with van der Waals surface area (Å²) < 4.78 is 12.1. The second-order valence-electron chi connectivity index (χ2n) is 11.0. The van der Waals surface area contributed by atoms with Gasteiger partial charge in [0.2, 0.25) is 0 Å². The smallest absolute Gasteiger partial charge is 0.329 e. The summed E-state index contributed by atoms with van der Waals surface area (Å²) in [6, 6.07) is 19.5. The van der Waals surface area contributed by atoms with Crippen LogP contribution >= 0.6 is 0 Å². The number of esters is 1. The van der Waals surface area contributed by atoms with Gasteiger partial charge >= 0.3 is 17.9 Å². The molecule has 1 fully saturated rings. The molecule has 0 bridgehead atoms. The summed E-state index contributed by atoms with van der Waals surface area (Å²) in [6.45, 7) is -0.466. The molecule has 4 aromatic rings. The molecule has 3 heterocycles. The van der Waals surface area contributed by atoms with Crippen LogP contribution in [0.15, 0.2) is 96.6 Å². The molecule has 2 atom stereocenters. The number of carbonyl (C=O) groups is 5. The number of nitrogens with one attached hydrogen (secondary N) is 2. The van der Waals surface area contributed by atoms with Crippen molar-refractivity contribution in [2.24, 2.45) is 0 Å². The lowest BCUT2D eigenvalue weighted by molar-refractivity contribution is -0.161. The monoisotopic (exact) mass is 680 g/mol. The number of aliphatic carboxylic acids is 2. The highest BCUT2D eigenvalue weighted by Gasteiger charge is 2.28. The highest BCUT2D eigenvalue weighted by Crippen LogP contribution is 2.19. The van der Waals surface area contributed by atoms with E-state index >= 15 is 0 Å². The second kappa shape index (κ2) is 16.6. The Labute approximate surface area is 285 Å². The number of benzene rings is 2. The SMILES string of the molecule is O=C(O)C[C@@H](C(=O)O)n1cc(CCCC(=O)OCOC2N/C(=C\c3cccc(C(=O)c4ccccc4)c3)C(=O)N/C2=C\c2ccccn2)nn1. The van der Waals surface area contributed by atoms with Crippen LogP contribution in [0.2, 0.25) is 0 Å². The van der Waals surface area contributed by atoms with Gasteiger partial charge < -0.3 is 30.3 Å². The van der Waals surface area contributed by atoms with Crippen LogP contribution in [0.4, 0.5) is 0 Å². The first-order valence-electron chi connectivity index (χ1n) is 15.4. The highest BCUT2D eigenvalue weighted by molar-refractivity contribution is 6.09. The van der Waals surface area contributed by atoms with Gasteiger partial charge in [0, 0.05) is 29.9 Å². The number of amides is 1. The van der Waals surface area contributed by atoms with Crippen molar-refractivity contribution < 1.29 is 43.7 Å². The van der Waals surface area contributed by atoms with Gasteiger partial charge in [-0.05, 0) is 48.8 Å². The number of hydrogen-bond acceptors (Lipinski definition) is 11. The summed E-state index contributed by atoms with van der Waals surface area (Å²) in [5, 5.41) is 31.6. The predicted octanol–water partition coefficient (Wildman–Crippen LogP) is 2.97. The molecule has 256 valence electrons. The summed E-state index contributed by atoms with van der Waals surface area (Å²) in [5.41, 5.74) is 2.96. The molecule has 5 rings (SSSR count). The van der Waals surface area contributed by atoms with E-state index in [1.54, 1.807) is 85.1 Å². The summed E-state index contributed by atoms with van der Waals surface area (Å²) >= 11 is 0. The minimum absolute atomic E-state index is 0.0254. The molecular weight excluding hydrogens is 648 g/mol. The third-order valence-electron chi connectivity index (χ3n) is 7.36. The average Bonchev–Trinajstić information content (AvgIpc) is 3.58. The van der Waals surface area contributed by atoms with E-state index in [0.29, 0.717) is 33.8 Å². The van der Waals surface area contributed by atoms with Crippen LogP contribution in [0.3, 0.4) is 0 Å². The van der Waals surface area contributed by atoms with E-state index in [1.165, 1.54) is 6.20 Å². The quantitative estimate of drug-likeness (QED) is 0.0616. The molecule has 1 unspecified atom stereocenters. The van der Waals surface area contributed by atoms with Crippen LogP contribution in [0.1, 0.15) is 58.2 Å². The number of aromatic nitrogens is 4. The lowest BCUT2D eigenvalue weighted by Gasteiger charge is -2.29. The number of aryl methyl sites for hydroxylation is 1. The Morgan fingerprint density at radius 2 is 1.74 bits per heavy atom. The molecule has 0 saturated carbocycles. The maximum absolute atomic E-state index is 13.1. The van der Waals surface area contributed by atoms with Gasteiger partial charge in [0.25, 0.3) is 5.91 Å². The Morgan fingerprint density at radius 3 is 2.48 bits per heavy atom. The number of carboxylic acid groups (broad SMARTS) is 2. The molecule has 2 aromatic heterocycles. The predicted molar refractivity (Wildman–Crippen MR) is 176 cm³/mol. The number of pyridine rings is 1. The fourth-order valence-electron chi connectivity index (χ4n) is 4.91. The summed E-state index contributed by atoms with van der Waals surface area (Å²) in [4.78, 5) is 65.2. The van der Waals surface area contributed by atoms with E-state index in [0.717, 1.165) is 4.68 Å². The first kappa shape index (κ1) is 34.8. The Bertz CT molecular complexity index is 1920. The molecule has 1 amide bonds. The lowest BCUT2D eigenvalue weighted by atomic mass is 10.0. The van der Waals surface area contributed by atoms with Gasteiger partial charge in [-0.3, -0.25) is 24.2 Å². The van der Waals surface area contributed by atoms with Crippen LogP contribution in [0.5, 0.6) is 0 Å². The fraction of sp³-hybridized carbons (Fsp3) is 0.200. The molecule has 15 nitrogen and oxygen atoms in total. The van der Waals surface area contributed by atoms with Crippen molar-refractivity contribution in [3.05, 3.63) is 125 Å². The Balaban J connectivity index is 1.21. The van der Waals surface area contributed by atoms with Gasteiger partial charge in [0.15, 0.2) is 24.8 Å². The normalized spacial score (nSPS) is 16.3. The van der Waals surface area contributed by atoms with Crippen LogP contribution in [0.25, 0.3) is 12.2 Å². The van der Waals surface area contributed by atoms with Crippen molar-refractivity contribution in [2.75, 3.05) is 6.79 Å². The van der Waals surface area contributed by atoms with Crippen LogP contribution in [0, 0.1) is 0 Å². The molecule has 1 saturated heterocycles. The molecule has 0 spiro atoms. The van der Waals surface area contributed by atoms with Gasteiger partial charge in [0.1, 0.15) is 5.70 Å². The van der Waals surface area contributed by atoms with Crippen LogP contribution in [-0.2, 0) is 35.1 Å². The number of piperazine rings is 1. The summed E-state index contributed by atoms with van der Waals surface area (Å²) in [7, 11) is 0. The van der Waals surface area contributed by atoms with Gasteiger partial charge in [-0.25, -0.2) is 9.48 Å². The first-order valence-corrected chi connectivity index (χ1v) is 15.4. The third kappa shape index (κ3) is 9.54. The lowest BCUT2D eigenvalue weighted by Crippen LogP contribution is -2.49. The maximum atomic E-state index is 13.1. The van der Waals surface area contributed by atoms with Crippen molar-refractivity contribution in [3.63, 3.8) is 0 Å². The van der Waals surface area contributed by atoms with Gasteiger partial charge in [0.05, 0.1) is 23.5 Å². The first-order chi connectivity index (χ1) is 24.2. The molecule has 1 aliphatic heterocycles. The number of carboxylic acids is 2. The minimum Gasteiger partial charge on any atom is -0.481 e. The molecule has 15 heteroatoms. The number of ketones is 1. The topological polar surface area (TPSA) is 212 Å². The van der Waals surface area contributed by atoms with Crippen molar-refractivity contribution in [1.82, 2.24) is 30.6 Å². The van der Waals surface area contributed by atoms with Crippen molar-refractivity contribution in [2.45, 2.75) is 38.0 Å². The fourth-order valence-corrected chi connectivity index (χ4v) is 4.91. The zero-order valence-corrected chi connectivity index (χ0v) is 26.5. The number of carbonyl (C=O) groups excluding carboxylic acids is 3. The number of rotatable bonds is 15. The molecule has 1 aliphatic rings. The minimum atomic E-state index is -1.41. The molecule has 0 radical (unpaired) electrons. The maximum Gasteiger partial charge on any atom is 0.329 e. The van der Waals surface area contributed by atoms with Crippen molar-refractivity contribution in [1.29, 1.82) is 0 Å². The molecule has 2 aromatic carbocycles. The largest absolute Gasteiger partial charge is 0.481 e. The number of ether oxygens (including phenoxy) is 2. The zero-order chi connectivity index (χ0) is 35.5. The average molecular weight is 681 g/mol. The van der Waals surface area contributed by atoms with Crippen LogP contribution < -0.4 is 10.6 Å². The van der Waals surface area contributed by atoms with Gasteiger partial charge in [-0.2, -0.15) is 0 Å². The van der Waals surface area contributed by atoms with E-state index in [9.17, 15) is 29.1 Å². The van der Waals surface area contributed by atoms with E-state index in [-0.39, 0.29) is 30.7 Å².